The van der Waals surface area contributed by atoms with Gasteiger partial charge in [-0.2, -0.15) is 71.4 Å². The quantitative estimate of drug-likeness (QED) is 0.155. The molecule has 0 saturated heterocycles. The van der Waals surface area contributed by atoms with Crippen molar-refractivity contribution in [3.05, 3.63) is 235 Å². The van der Waals surface area contributed by atoms with Gasteiger partial charge < -0.3 is 0 Å². The summed E-state index contributed by atoms with van der Waals surface area (Å²) in [5.74, 6) is 0. The Balaban J connectivity index is 0.000000213. The van der Waals surface area contributed by atoms with E-state index in [1.165, 1.54) is 134 Å². The maximum absolute atomic E-state index is 4.50. The summed E-state index contributed by atoms with van der Waals surface area (Å²) in [7, 11) is 0. The van der Waals surface area contributed by atoms with Crippen molar-refractivity contribution in [2.24, 2.45) is 0 Å². The van der Waals surface area contributed by atoms with Crippen molar-refractivity contribution in [2.75, 3.05) is 0 Å². The van der Waals surface area contributed by atoms with Crippen LogP contribution in [0.3, 0.4) is 0 Å². The highest BCUT2D eigenvalue weighted by molar-refractivity contribution is 5.86. The predicted octanol–water partition coefficient (Wildman–Crippen LogP) is 21.0. The number of hydrogen-bond acceptors (Lipinski definition) is 20. The predicted molar refractivity (Wildman–Crippen MR) is 467 cm³/mol. The number of aromatic nitrogens is 20. The number of aryl methyl sites for hydroxylation is 14. The van der Waals surface area contributed by atoms with Crippen LogP contribution in [0, 0.1) is 291 Å². The number of rotatable bonds is 5. The van der Waals surface area contributed by atoms with Crippen LogP contribution in [-0.4, -0.2) is 102 Å². The molecule has 10 aromatic heterocycles. The van der Waals surface area contributed by atoms with E-state index in [1.54, 1.807) is 0 Å². The molecule has 0 atom stereocenters. The van der Waals surface area contributed by atoms with Crippen LogP contribution in [0.2, 0.25) is 0 Å². The third-order valence-electron chi connectivity index (χ3n) is 25.1. The lowest BCUT2D eigenvalue weighted by Crippen LogP contribution is -2.08. The molecule has 0 N–H and O–H groups in total. The van der Waals surface area contributed by atoms with Crippen LogP contribution in [0.4, 0.5) is 0 Å². The normalized spacial score (nSPS) is 10.7. The Labute approximate surface area is 680 Å². The average molecular weight is 1540 g/mol. The first-order valence-electron chi connectivity index (χ1n) is 39.2. The van der Waals surface area contributed by atoms with Crippen LogP contribution >= 0.6 is 0 Å². The zero-order valence-electron chi connectivity index (χ0n) is 76.9. The van der Waals surface area contributed by atoms with Crippen LogP contribution in [0.25, 0.3) is 56.4 Å². The lowest BCUT2D eigenvalue weighted by molar-refractivity contribution is 0.905. The lowest BCUT2D eigenvalue weighted by Gasteiger charge is -2.20. The van der Waals surface area contributed by atoms with Crippen molar-refractivity contribution < 1.29 is 0 Å². The Morgan fingerprint density at radius 2 is 0.184 bits per heavy atom. The van der Waals surface area contributed by atoms with Gasteiger partial charge in [-0.05, 0) is 447 Å². The van der Waals surface area contributed by atoms with Crippen molar-refractivity contribution >= 4 is 0 Å². The Bertz CT molecular complexity index is 5120. The first kappa shape index (κ1) is 92.1. The van der Waals surface area contributed by atoms with Gasteiger partial charge in [-0.15, -0.1) is 30.6 Å². The molecule has 0 aliphatic rings. The van der Waals surface area contributed by atoms with Gasteiger partial charge in [0, 0.05) is 22.3 Å². The molecule has 10 heterocycles. The summed E-state index contributed by atoms with van der Waals surface area (Å²) in [6.45, 7) is 87.2. The highest BCUT2D eigenvalue weighted by Gasteiger charge is 2.25. The average Bonchev–Trinajstić information content (AvgIpc) is 0.774. The molecule has 20 nitrogen and oxygen atoms in total. The van der Waals surface area contributed by atoms with Gasteiger partial charge >= 0.3 is 0 Å². The molecule has 602 valence electrons. The maximum Gasteiger partial charge on any atom is 0.117 e. The number of benzene rings is 2. The molecule has 0 saturated carbocycles. The van der Waals surface area contributed by atoms with Gasteiger partial charge in [-0.3, -0.25) is 0 Å². The highest BCUT2D eigenvalue weighted by Crippen LogP contribution is 2.40. The van der Waals surface area contributed by atoms with E-state index < -0.39 is 0 Å². The molecule has 114 heavy (non-hydrogen) atoms. The van der Waals surface area contributed by atoms with Gasteiger partial charge in [0.25, 0.3) is 0 Å². The zero-order valence-corrected chi connectivity index (χ0v) is 76.9. The summed E-state index contributed by atoms with van der Waals surface area (Å²) in [5, 5.41) is 84.9. The molecule has 0 radical (unpaired) electrons. The number of hydrogen-bond donors (Lipinski definition) is 0. The van der Waals surface area contributed by atoms with Crippen LogP contribution in [0.15, 0.2) is 0 Å². The van der Waals surface area contributed by atoms with Crippen LogP contribution in [0.1, 0.15) is 235 Å². The third kappa shape index (κ3) is 19.7. The summed E-state index contributed by atoms with van der Waals surface area (Å²) in [4.78, 5) is 0. The van der Waals surface area contributed by atoms with Crippen molar-refractivity contribution in [2.45, 2.75) is 291 Å². The van der Waals surface area contributed by atoms with E-state index in [-0.39, 0.29) is 0 Å². The summed E-state index contributed by atoms with van der Waals surface area (Å²) < 4.78 is 0. The van der Waals surface area contributed by atoms with Crippen LogP contribution < -0.4 is 0 Å². The second-order valence-electron chi connectivity index (χ2n) is 31.3. The second-order valence-corrected chi connectivity index (χ2v) is 31.3. The van der Waals surface area contributed by atoms with Gasteiger partial charge in [0.1, 0.15) is 11.4 Å². The Hall–Kier alpha value is -10.8. The third-order valence-corrected chi connectivity index (χ3v) is 25.1. The highest BCUT2D eigenvalue weighted by atomic mass is 15.2. The van der Waals surface area contributed by atoms with Gasteiger partial charge in [0.2, 0.25) is 0 Å². The maximum atomic E-state index is 4.50. The minimum absolute atomic E-state index is 0.811. The van der Waals surface area contributed by atoms with E-state index in [9.17, 15) is 0 Å². The van der Waals surface area contributed by atoms with E-state index in [2.05, 4.69) is 296 Å². The Morgan fingerprint density at radius 3 is 0.351 bits per heavy atom. The fraction of sp³-hybridized carbons (Fsp3) is 0.447. The molecule has 0 aliphatic carbocycles. The lowest BCUT2D eigenvalue weighted by atomic mass is 9.86. The van der Waals surface area contributed by atoms with Gasteiger partial charge in [-0.25, -0.2) is 0 Å². The van der Waals surface area contributed by atoms with Gasteiger partial charge in [-0.1, -0.05) is 0 Å². The molecule has 0 spiro atoms. The van der Waals surface area contributed by atoms with E-state index >= 15 is 0 Å². The number of nitrogens with zero attached hydrogens (tertiary/aromatic N) is 20. The smallest absolute Gasteiger partial charge is 0.117 e. The summed E-state index contributed by atoms with van der Waals surface area (Å²) >= 11 is 0. The summed E-state index contributed by atoms with van der Waals surface area (Å²) in [6, 6.07) is 0. The Kier molecular flexibility index (Phi) is 31.0. The van der Waals surface area contributed by atoms with Gasteiger partial charge in [0.05, 0.1) is 102 Å². The molecular formula is C94H126N20. The molecule has 0 fully saturated rings. The van der Waals surface area contributed by atoms with Crippen molar-refractivity contribution in [3.8, 4) is 56.4 Å². The minimum atomic E-state index is 0.811. The van der Waals surface area contributed by atoms with Crippen molar-refractivity contribution in [1.82, 2.24) is 102 Å². The first-order valence-corrected chi connectivity index (χ1v) is 39.2. The largest absolute Gasteiger partial charge is 0.155 e. The second kappa shape index (κ2) is 38.4. The summed E-state index contributed by atoms with van der Waals surface area (Å²) in [6.07, 6.45) is 0. The van der Waals surface area contributed by atoms with E-state index in [4.69, 9.17) is 0 Å². The molecule has 2 aromatic carbocycles. The Morgan fingerprint density at radius 1 is 0.0789 bits per heavy atom. The van der Waals surface area contributed by atoms with Crippen molar-refractivity contribution in [1.29, 1.82) is 0 Å². The fourth-order valence-electron chi connectivity index (χ4n) is 13.2. The van der Waals surface area contributed by atoms with Crippen molar-refractivity contribution in [3.63, 3.8) is 0 Å². The molecule has 12 rings (SSSR count). The first-order chi connectivity index (χ1) is 53.1. The molecule has 12 aromatic rings. The molecule has 20 heteroatoms. The minimum Gasteiger partial charge on any atom is -0.155 e. The molecular weight excluding hydrogens is 1410 g/mol. The topological polar surface area (TPSA) is 258 Å². The monoisotopic (exact) mass is 1540 g/mol. The molecule has 0 aliphatic heterocycles. The van der Waals surface area contributed by atoms with Gasteiger partial charge in [0.15, 0.2) is 0 Å². The standard InChI is InChI=1S/C20H24N6.2C18H24N2.C14H18N4.3C8H12N2/c1-9-11(3)19(25-21-13(9)5)17-15(7)23-24-16(8)18(17)20-12(4)10(2)14(6)22-26-20;2*1-9-10(2)13(5)17(14(6)11(9)3)18-15(7)12(4)16(8)19-20-18;1-7-9(3)13(17-15-11(7)5)14-10(4)8(2)12(6)16-18-14;3*1-5-6(2)8(4)10-9-7(5)3/h1-8H3;2*1-8H3;1-6H3;3*1-4H3. The van der Waals surface area contributed by atoms with Crippen LogP contribution in [0.5, 0.6) is 0 Å². The molecule has 0 unspecified atom stereocenters. The van der Waals surface area contributed by atoms with E-state index in [0.29, 0.717) is 0 Å². The fourth-order valence-corrected chi connectivity index (χ4v) is 13.2. The van der Waals surface area contributed by atoms with Crippen LogP contribution in [-0.2, 0) is 0 Å². The summed E-state index contributed by atoms with van der Waals surface area (Å²) in [5.41, 5.74) is 58.5. The molecule has 0 amide bonds. The zero-order chi connectivity index (χ0) is 86.2. The molecule has 0 bridgehead atoms. The van der Waals surface area contributed by atoms with E-state index in [0.717, 1.165) is 158 Å². The SMILES string of the molecule is Cc1nnc(-c2c(C)c(C)c(C)c(C)c2C)c(C)c1C.Cc1nnc(-c2c(C)c(C)c(C)c(C)c2C)c(C)c1C.Cc1nnc(-c2c(C)nnc(C)c2-c2nnc(C)c(C)c2C)c(C)c1C.Cc1nnc(-c2nnc(C)c(C)c2C)c(C)c1C.Cc1nnc(C)c(C)c1C.Cc1nnc(C)c(C)c1C.Cc1nnc(C)c(C)c1C. The van der Waals surface area contributed by atoms with E-state index in [1.807, 2.05) is 96.9 Å².